The second-order valence-corrected chi connectivity index (χ2v) is 4.35. The number of rotatable bonds is 4. The molecule has 1 rings (SSSR count). The maximum atomic E-state index is 11.4. The first kappa shape index (κ1) is 12.2. The smallest absolute Gasteiger partial charge is 0.220 e. The molecule has 0 radical (unpaired) electrons. The van der Waals surface area contributed by atoms with Crippen LogP contribution in [0.5, 0.6) is 0 Å². The molecule has 1 N–H and O–H groups in total. The molecule has 4 heteroatoms. The molecule has 0 unspecified atom stereocenters. The summed E-state index contributed by atoms with van der Waals surface area (Å²) in [5.74, 6) is 0.0910. The van der Waals surface area contributed by atoms with E-state index >= 15 is 0 Å². The van der Waals surface area contributed by atoms with E-state index in [9.17, 15) is 9.59 Å². The van der Waals surface area contributed by atoms with Gasteiger partial charge in [0.1, 0.15) is 5.78 Å². The van der Waals surface area contributed by atoms with Crippen LogP contribution in [0, 0.1) is 0 Å². The predicted octanol–water partition coefficient (Wildman–Crippen LogP) is 0.566. The van der Waals surface area contributed by atoms with Crippen LogP contribution in [0.2, 0.25) is 0 Å². The number of nitrogens with zero attached hydrogens (tertiary/aromatic N) is 1. The molecule has 0 aromatic rings. The Labute approximate surface area is 91.0 Å². The molecule has 0 bridgehead atoms. The van der Waals surface area contributed by atoms with Crippen molar-refractivity contribution < 1.29 is 9.59 Å². The highest BCUT2D eigenvalue weighted by molar-refractivity contribution is 5.83. The minimum atomic E-state index is 0.0137. The molecule has 4 nitrogen and oxygen atoms in total. The molecule has 86 valence electrons. The largest absolute Gasteiger partial charge is 0.353 e. The van der Waals surface area contributed by atoms with E-state index in [0.717, 1.165) is 25.9 Å². The lowest BCUT2D eigenvalue weighted by Gasteiger charge is -2.29. The van der Waals surface area contributed by atoms with Crippen molar-refractivity contribution in [2.45, 2.75) is 38.6 Å². The van der Waals surface area contributed by atoms with E-state index in [1.54, 1.807) is 0 Å². The van der Waals surface area contributed by atoms with Crippen LogP contribution in [0.25, 0.3) is 0 Å². The Morgan fingerprint density at radius 1 is 1.27 bits per heavy atom. The van der Waals surface area contributed by atoms with Crippen LogP contribution in [0.3, 0.4) is 0 Å². The van der Waals surface area contributed by atoms with Gasteiger partial charge in [0, 0.05) is 18.9 Å². The van der Waals surface area contributed by atoms with Gasteiger partial charge in [0.25, 0.3) is 0 Å². The summed E-state index contributed by atoms with van der Waals surface area (Å²) in [6.45, 7) is 3.60. The van der Waals surface area contributed by atoms with Crippen molar-refractivity contribution in [1.82, 2.24) is 10.2 Å². The van der Waals surface area contributed by atoms with Gasteiger partial charge in [0.15, 0.2) is 0 Å². The van der Waals surface area contributed by atoms with Crippen molar-refractivity contribution >= 4 is 11.7 Å². The third kappa shape index (κ3) is 4.93. The van der Waals surface area contributed by atoms with Gasteiger partial charge in [-0.1, -0.05) is 0 Å². The molecular weight excluding hydrogens is 192 g/mol. The van der Waals surface area contributed by atoms with E-state index in [0.29, 0.717) is 18.9 Å². The van der Waals surface area contributed by atoms with Gasteiger partial charge in [-0.15, -0.1) is 0 Å². The summed E-state index contributed by atoms with van der Waals surface area (Å²) in [7, 11) is 2.09. The summed E-state index contributed by atoms with van der Waals surface area (Å²) < 4.78 is 0. The van der Waals surface area contributed by atoms with Crippen LogP contribution in [0.15, 0.2) is 0 Å². The average Bonchev–Trinajstić information content (AvgIpc) is 2.19. The van der Waals surface area contributed by atoms with Crippen molar-refractivity contribution in [2.75, 3.05) is 20.1 Å². The van der Waals surface area contributed by atoms with Crippen LogP contribution in [0.1, 0.15) is 32.6 Å². The van der Waals surface area contributed by atoms with Crippen molar-refractivity contribution in [3.8, 4) is 0 Å². The first-order valence-corrected chi connectivity index (χ1v) is 5.55. The molecule has 0 aromatic heterocycles. The topological polar surface area (TPSA) is 49.4 Å². The van der Waals surface area contributed by atoms with Gasteiger partial charge in [-0.2, -0.15) is 0 Å². The van der Waals surface area contributed by atoms with Gasteiger partial charge in [-0.05, 0) is 39.9 Å². The van der Waals surface area contributed by atoms with Crippen LogP contribution < -0.4 is 5.32 Å². The summed E-state index contributed by atoms with van der Waals surface area (Å²) in [5, 5.41) is 2.98. The van der Waals surface area contributed by atoms with E-state index in [1.807, 2.05) is 0 Å². The van der Waals surface area contributed by atoms with Gasteiger partial charge in [0.05, 0.1) is 0 Å². The predicted molar refractivity (Wildman–Crippen MR) is 58.6 cm³/mol. The van der Waals surface area contributed by atoms with Crippen LogP contribution >= 0.6 is 0 Å². The summed E-state index contributed by atoms with van der Waals surface area (Å²) in [6, 6.07) is 0.306. The third-order valence-electron chi connectivity index (χ3n) is 2.79. The number of ketones is 1. The second kappa shape index (κ2) is 5.85. The first-order chi connectivity index (χ1) is 7.08. The van der Waals surface area contributed by atoms with E-state index < -0.39 is 0 Å². The molecule has 1 fully saturated rings. The number of carbonyl (C=O) groups excluding carboxylic acids is 2. The van der Waals surface area contributed by atoms with Crippen molar-refractivity contribution in [2.24, 2.45) is 0 Å². The van der Waals surface area contributed by atoms with E-state index in [-0.39, 0.29) is 11.7 Å². The molecule has 1 aliphatic rings. The minimum Gasteiger partial charge on any atom is -0.353 e. The van der Waals surface area contributed by atoms with E-state index in [4.69, 9.17) is 0 Å². The first-order valence-electron chi connectivity index (χ1n) is 5.55. The SMILES string of the molecule is CC(=O)CCC(=O)NC1CCN(C)CC1. The lowest BCUT2D eigenvalue weighted by molar-refractivity contribution is -0.125. The zero-order valence-electron chi connectivity index (χ0n) is 9.58. The number of Topliss-reactive ketones (excluding diaryl/α,β-unsaturated/α-hetero) is 1. The van der Waals surface area contributed by atoms with Crippen LogP contribution in [-0.2, 0) is 9.59 Å². The van der Waals surface area contributed by atoms with Crippen LogP contribution in [0.4, 0.5) is 0 Å². The third-order valence-corrected chi connectivity index (χ3v) is 2.79. The Morgan fingerprint density at radius 3 is 2.40 bits per heavy atom. The quantitative estimate of drug-likeness (QED) is 0.741. The molecule has 15 heavy (non-hydrogen) atoms. The summed E-state index contributed by atoms with van der Waals surface area (Å²) in [4.78, 5) is 24.4. The number of hydrogen-bond donors (Lipinski definition) is 1. The van der Waals surface area contributed by atoms with Gasteiger partial charge >= 0.3 is 0 Å². The number of nitrogens with one attached hydrogen (secondary N) is 1. The van der Waals surface area contributed by atoms with Crippen molar-refractivity contribution in [3.63, 3.8) is 0 Å². The van der Waals surface area contributed by atoms with Gasteiger partial charge in [-0.25, -0.2) is 0 Å². The number of carbonyl (C=O) groups is 2. The molecule has 0 aliphatic carbocycles. The summed E-state index contributed by atoms with van der Waals surface area (Å²) in [6.07, 6.45) is 2.73. The highest BCUT2D eigenvalue weighted by Crippen LogP contribution is 2.08. The lowest BCUT2D eigenvalue weighted by Crippen LogP contribution is -2.43. The maximum Gasteiger partial charge on any atom is 0.220 e. The zero-order valence-corrected chi connectivity index (χ0v) is 9.58. The Bertz CT molecular complexity index is 233. The Kier molecular flexibility index (Phi) is 4.75. The Balaban J connectivity index is 2.17. The fourth-order valence-electron chi connectivity index (χ4n) is 1.74. The molecule has 1 heterocycles. The number of likely N-dealkylation sites (tertiary alicyclic amines) is 1. The second-order valence-electron chi connectivity index (χ2n) is 4.35. The molecule has 0 spiro atoms. The number of piperidine rings is 1. The van der Waals surface area contributed by atoms with Gasteiger partial charge < -0.3 is 15.0 Å². The molecule has 0 atom stereocenters. The molecule has 1 aliphatic heterocycles. The highest BCUT2D eigenvalue weighted by Gasteiger charge is 2.18. The highest BCUT2D eigenvalue weighted by atomic mass is 16.2. The van der Waals surface area contributed by atoms with Crippen molar-refractivity contribution in [3.05, 3.63) is 0 Å². The van der Waals surface area contributed by atoms with Gasteiger partial charge in [-0.3, -0.25) is 4.79 Å². The zero-order chi connectivity index (χ0) is 11.3. The summed E-state index contributed by atoms with van der Waals surface area (Å²) in [5.41, 5.74) is 0. The molecule has 0 saturated carbocycles. The van der Waals surface area contributed by atoms with E-state index in [1.165, 1.54) is 6.92 Å². The van der Waals surface area contributed by atoms with E-state index in [2.05, 4.69) is 17.3 Å². The average molecular weight is 212 g/mol. The monoisotopic (exact) mass is 212 g/mol. The molecule has 0 aromatic carbocycles. The van der Waals surface area contributed by atoms with Crippen LogP contribution in [-0.4, -0.2) is 42.8 Å². The van der Waals surface area contributed by atoms with Crippen molar-refractivity contribution in [1.29, 1.82) is 0 Å². The number of amides is 1. The fraction of sp³-hybridized carbons (Fsp3) is 0.818. The summed E-state index contributed by atoms with van der Waals surface area (Å²) >= 11 is 0. The maximum absolute atomic E-state index is 11.4. The minimum absolute atomic E-state index is 0.0137. The normalized spacial score (nSPS) is 18.8. The lowest BCUT2D eigenvalue weighted by atomic mass is 10.1. The molecular formula is C11H20N2O2. The molecule has 1 saturated heterocycles. The van der Waals surface area contributed by atoms with Gasteiger partial charge in [0.2, 0.25) is 5.91 Å². The number of hydrogen-bond acceptors (Lipinski definition) is 3. The standard InChI is InChI=1S/C11H20N2O2/c1-9(14)3-4-11(15)12-10-5-7-13(2)8-6-10/h10H,3-8H2,1-2H3,(H,12,15). The molecule has 1 amide bonds. The Morgan fingerprint density at radius 2 is 1.87 bits per heavy atom. The Hall–Kier alpha value is -0.900. The fourth-order valence-corrected chi connectivity index (χ4v) is 1.74.